The number of anilines is 2. The van der Waals surface area contributed by atoms with E-state index in [9.17, 15) is 13.2 Å². The second-order valence-corrected chi connectivity index (χ2v) is 10.2. The van der Waals surface area contributed by atoms with Gasteiger partial charge in [0.15, 0.2) is 10.9 Å². The van der Waals surface area contributed by atoms with Crippen LogP contribution in [0.2, 0.25) is 5.02 Å². The lowest BCUT2D eigenvalue weighted by Crippen LogP contribution is -2.31. The van der Waals surface area contributed by atoms with Crippen LogP contribution in [0.15, 0.2) is 18.2 Å². The van der Waals surface area contributed by atoms with Gasteiger partial charge < -0.3 is 21.5 Å². The van der Waals surface area contributed by atoms with Crippen LogP contribution in [0, 0.1) is 11.6 Å². The third-order valence-corrected chi connectivity index (χ3v) is 7.31. The number of nitrogens with zero attached hydrogens (tertiary/aromatic N) is 4. The van der Waals surface area contributed by atoms with Gasteiger partial charge in [-0.2, -0.15) is 9.97 Å². The summed E-state index contributed by atoms with van der Waals surface area (Å²) < 4.78 is 63.8. The number of rotatable bonds is 7. The van der Waals surface area contributed by atoms with Crippen LogP contribution in [0.5, 0.6) is 6.01 Å². The van der Waals surface area contributed by atoms with E-state index < -0.39 is 23.6 Å². The zero-order valence-corrected chi connectivity index (χ0v) is 21.1. The van der Waals surface area contributed by atoms with E-state index >= 15 is 4.39 Å². The number of halogens is 5. The van der Waals surface area contributed by atoms with Crippen molar-refractivity contribution in [2.24, 2.45) is 5.73 Å². The van der Waals surface area contributed by atoms with E-state index in [4.69, 9.17) is 27.8 Å². The number of nitrogens with one attached hydrogen (secondary N) is 1. The fourth-order valence-corrected chi connectivity index (χ4v) is 5.48. The molecule has 2 aromatic heterocycles. The summed E-state index contributed by atoms with van der Waals surface area (Å²) in [4.78, 5) is 14.2. The Bertz CT molecular complexity index is 1500. The highest BCUT2D eigenvalue weighted by Gasteiger charge is 2.43. The number of likely N-dealkylation sites (tertiary alicyclic amines) is 1. The molecule has 2 aromatic carbocycles. The Labute approximate surface area is 217 Å². The normalized spacial score (nSPS) is 17.6. The number of aromatic nitrogens is 3. The third kappa shape index (κ3) is 4.83. The van der Waals surface area contributed by atoms with Crippen LogP contribution in [0.4, 0.5) is 28.5 Å². The molecule has 1 aliphatic rings. The SMILES string of the molecule is CN1CC(F)(F)C[C@H]1COc1nc(NCCN)c2cc(Cl)c(-c3ccc(F)c4sc(N)nc34)c(F)c2n1. The van der Waals surface area contributed by atoms with Crippen LogP contribution in [-0.4, -0.2) is 65.1 Å². The van der Waals surface area contributed by atoms with Crippen LogP contribution in [0.25, 0.3) is 32.2 Å². The molecule has 4 aromatic rings. The van der Waals surface area contributed by atoms with Gasteiger partial charge in [0.2, 0.25) is 0 Å². The number of benzene rings is 2. The van der Waals surface area contributed by atoms with Crippen molar-refractivity contribution in [1.29, 1.82) is 0 Å². The van der Waals surface area contributed by atoms with Crippen LogP contribution >= 0.6 is 22.9 Å². The molecule has 0 aliphatic carbocycles. The molecule has 0 spiro atoms. The van der Waals surface area contributed by atoms with Gasteiger partial charge in [-0.05, 0) is 25.2 Å². The van der Waals surface area contributed by atoms with Crippen molar-refractivity contribution >= 4 is 55.0 Å². The molecule has 8 nitrogen and oxygen atoms in total. The summed E-state index contributed by atoms with van der Waals surface area (Å²) in [5.74, 6) is -3.96. The van der Waals surface area contributed by atoms with E-state index in [1.165, 1.54) is 23.1 Å². The summed E-state index contributed by atoms with van der Waals surface area (Å²) in [6.07, 6.45) is -0.374. The average Bonchev–Trinajstić information content (AvgIpc) is 3.36. The lowest BCUT2D eigenvalue weighted by molar-refractivity contribution is 0.0136. The lowest BCUT2D eigenvalue weighted by Gasteiger charge is -2.19. The Morgan fingerprint density at radius 3 is 2.73 bits per heavy atom. The highest BCUT2D eigenvalue weighted by atomic mass is 35.5. The second kappa shape index (κ2) is 9.71. The molecular weight excluding hydrogens is 534 g/mol. The monoisotopic (exact) mass is 555 g/mol. The molecule has 14 heteroatoms. The van der Waals surface area contributed by atoms with Gasteiger partial charge in [0.05, 0.1) is 21.8 Å². The Balaban J connectivity index is 1.61. The number of hydrogen-bond acceptors (Lipinski definition) is 9. The van der Waals surface area contributed by atoms with Crippen molar-refractivity contribution in [3.63, 3.8) is 0 Å². The molecule has 0 bridgehead atoms. The fraction of sp³-hybridized carbons (Fsp3) is 0.348. The van der Waals surface area contributed by atoms with Crippen LogP contribution < -0.4 is 21.5 Å². The maximum absolute atomic E-state index is 16.1. The minimum atomic E-state index is -2.82. The number of ether oxygens (including phenoxy) is 1. The summed E-state index contributed by atoms with van der Waals surface area (Å²) in [6.45, 7) is 0.0664. The maximum Gasteiger partial charge on any atom is 0.319 e. The first-order valence-corrected chi connectivity index (χ1v) is 12.5. The molecular formula is C23H22ClF4N7OS. The van der Waals surface area contributed by atoms with E-state index in [-0.39, 0.29) is 80.3 Å². The molecule has 0 unspecified atom stereocenters. The molecule has 1 atom stereocenters. The van der Waals surface area contributed by atoms with Crippen molar-refractivity contribution in [1.82, 2.24) is 19.9 Å². The van der Waals surface area contributed by atoms with Gasteiger partial charge in [-0.1, -0.05) is 22.9 Å². The van der Waals surface area contributed by atoms with Crippen molar-refractivity contribution in [2.45, 2.75) is 18.4 Å². The molecule has 1 fully saturated rings. The number of nitrogens with two attached hydrogens (primary N) is 2. The number of hydrogen-bond donors (Lipinski definition) is 3. The van der Waals surface area contributed by atoms with E-state index in [0.29, 0.717) is 6.54 Å². The Morgan fingerprint density at radius 1 is 1.24 bits per heavy atom. The summed E-state index contributed by atoms with van der Waals surface area (Å²) in [7, 11) is 1.58. The van der Waals surface area contributed by atoms with Crippen molar-refractivity contribution in [3.8, 4) is 17.1 Å². The highest BCUT2D eigenvalue weighted by molar-refractivity contribution is 7.22. The molecule has 3 heterocycles. The van der Waals surface area contributed by atoms with Gasteiger partial charge in [-0.15, -0.1) is 0 Å². The molecule has 1 saturated heterocycles. The third-order valence-electron chi connectivity index (χ3n) is 6.12. The summed E-state index contributed by atoms with van der Waals surface area (Å²) >= 11 is 7.46. The quantitative estimate of drug-likeness (QED) is 0.285. The van der Waals surface area contributed by atoms with Crippen LogP contribution in [0.3, 0.4) is 0 Å². The predicted molar refractivity (Wildman–Crippen MR) is 137 cm³/mol. The molecule has 1 aliphatic heterocycles. The van der Waals surface area contributed by atoms with Gasteiger partial charge in [-0.3, -0.25) is 4.90 Å². The Hall–Kier alpha value is -3.00. The zero-order valence-electron chi connectivity index (χ0n) is 19.5. The van der Waals surface area contributed by atoms with Crippen LogP contribution in [-0.2, 0) is 0 Å². The minimum absolute atomic E-state index is 0.0207. The molecule has 196 valence electrons. The highest BCUT2D eigenvalue weighted by Crippen LogP contribution is 2.42. The van der Waals surface area contributed by atoms with Crippen molar-refractivity contribution in [2.75, 3.05) is 44.3 Å². The minimum Gasteiger partial charge on any atom is -0.462 e. The van der Waals surface area contributed by atoms with E-state index in [1.54, 1.807) is 7.05 Å². The fourth-order valence-electron chi connectivity index (χ4n) is 4.42. The van der Waals surface area contributed by atoms with Gasteiger partial charge >= 0.3 is 6.01 Å². The molecule has 0 saturated carbocycles. The van der Waals surface area contributed by atoms with Crippen molar-refractivity contribution < 1.29 is 22.3 Å². The maximum atomic E-state index is 16.1. The lowest BCUT2D eigenvalue weighted by atomic mass is 10.0. The molecule has 0 amide bonds. The smallest absolute Gasteiger partial charge is 0.319 e. The number of thiazole rings is 1. The first-order chi connectivity index (χ1) is 17.6. The van der Waals surface area contributed by atoms with Gasteiger partial charge in [0.25, 0.3) is 5.92 Å². The van der Waals surface area contributed by atoms with Gasteiger partial charge in [0, 0.05) is 42.1 Å². The topological polar surface area (TPSA) is 115 Å². The van der Waals surface area contributed by atoms with Crippen LogP contribution in [0.1, 0.15) is 6.42 Å². The average molecular weight is 556 g/mol. The number of nitrogen functional groups attached to an aromatic ring is 1. The standard InChI is InChI=1S/C23H22ClF4N7OS/c1-35-9-23(27,28)7-10(35)8-36-22-33-17-12(20(34-22)31-5-4-29)6-13(24)15(16(17)26)11-2-3-14(25)19-18(11)32-21(30)37-19/h2-3,6,10H,4-5,7-9,29H2,1H3,(H2,30,32)(H,31,33,34)/t10-/m0/s1. The second-order valence-electron chi connectivity index (χ2n) is 8.78. The van der Waals surface area contributed by atoms with E-state index in [0.717, 1.165) is 11.3 Å². The summed E-state index contributed by atoms with van der Waals surface area (Å²) in [6, 6.07) is 3.27. The first-order valence-electron chi connectivity index (χ1n) is 11.3. The first kappa shape index (κ1) is 25.6. The van der Waals surface area contributed by atoms with E-state index in [2.05, 4.69) is 20.3 Å². The Kier molecular flexibility index (Phi) is 6.73. The molecule has 5 N–H and O–H groups in total. The summed E-state index contributed by atoms with van der Waals surface area (Å²) in [5, 5.41) is 3.39. The van der Waals surface area contributed by atoms with Gasteiger partial charge in [0.1, 0.15) is 23.8 Å². The van der Waals surface area contributed by atoms with Gasteiger partial charge in [-0.25, -0.2) is 22.5 Å². The molecule has 5 rings (SSSR count). The molecule has 0 radical (unpaired) electrons. The van der Waals surface area contributed by atoms with Crippen molar-refractivity contribution in [3.05, 3.63) is 34.9 Å². The number of alkyl halides is 2. The number of fused-ring (bicyclic) bond motifs is 2. The Morgan fingerprint density at radius 2 is 2.03 bits per heavy atom. The van der Waals surface area contributed by atoms with E-state index in [1.807, 2.05) is 0 Å². The summed E-state index contributed by atoms with van der Waals surface area (Å²) in [5.41, 5.74) is 11.6. The molecule has 37 heavy (non-hydrogen) atoms. The largest absolute Gasteiger partial charge is 0.462 e. The zero-order chi connectivity index (χ0) is 26.5. The predicted octanol–water partition coefficient (Wildman–Crippen LogP) is 4.51. The number of likely N-dealkylation sites (N-methyl/N-ethyl adjacent to an activating group) is 1.